The first-order valence-electron chi connectivity index (χ1n) is 7.09. The number of aromatic nitrogens is 4. The number of rotatable bonds is 5. The van der Waals surface area contributed by atoms with Crippen LogP contribution in [0.15, 0.2) is 55.1 Å². The van der Waals surface area contributed by atoms with Crippen molar-refractivity contribution in [1.82, 2.24) is 19.9 Å². The largest absolute Gasteiger partial charge is 0.348 e. The monoisotopic (exact) mass is 310 g/mol. The smallest absolute Gasteiger partial charge is 0.225 e. The Morgan fingerprint density at radius 1 is 0.957 bits per heavy atom. The van der Waals surface area contributed by atoms with Crippen molar-refractivity contribution < 1.29 is 4.39 Å². The first-order chi connectivity index (χ1) is 11.2. The van der Waals surface area contributed by atoms with Crippen molar-refractivity contribution in [2.75, 3.05) is 10.6 Å². The van der Waals surface area contributed by atoms with Crippen molar-refractivity contribution in [2.24, 2.45) is 0 Å². The van der Waals surface area contributed by atoms with Gasteiger partial charge < -0.3 is 10.6 Å². The summed E-state index contributed by atoms with van der Waals surface area (Å²) < 4.78 is 13.0. The molecule has 0 fully saturated rings. The zero-order valence-electron chi connectivity index (χ0n) is 12.4. The third kappa shape index (κ3) is 3.97. The maximum atomic E-state index is 13.0. The van der Waals surface area contributed by atoms with Crippen LogP contribution in [0.4, 0.5) is 22.0 Å². The van der Waals surface area contributed by atoms with Crippen molar-refractivity contribution in [1.29, 1.82) is 0 Å². The highest BCUT2D eigenvalue weighted by atomic mass is 19.1. The van der Waals surface area contributed by atoms with Crippen LogP contribution in [0, 0.1) is 5.82 Å². The quantitative estimate of drug-likeness (QED) is 0.753. The average molecular weight is 310 g/mol. The molecular weight excluding hydrogens is 295 g/mol. The standard InChI is InChI=1S/C16H15FN6/c1-11(12-2-4-13(17)5-3-12)21-16-20-7-6-14(23-16)22-15-10-18-8-9-19-15/h2-11H,1H3,(H2,19,20,21,22,23)/t11-/m0/s1. The number of hydrogen-bond acceptors (Lipinski definition) is 6. The molecule has 0 unspecified atom stereocenters. The van der Waals surface area contributed by atoms with Gasteiger partial charge in [0, 0.05) is 18.6 Å². The van der Waals surface area contributed by atoms with Crippen LogP contribution >= 0.6 is 0 Å². The minimum absolute atomic E-state index is 0.0534. The SMILES string of the molecule is C[C@H](Nc1nccc(Nc2cnccn2)n1)c1ccc(F)cc1. The molecule has 3 aromatic rings. The number of nitrogens with one attached hydrogen (secondary N) is 2. The molecule has 2 aromatic heterocycles. The van der Waals surface area contributed by atoms with Crippen LogP contribution in [0.5, 0.6) is 0 Å². The number of benzene rings is 1. The first kappa shape index (κ1) is 14.8. The van der Waals surface area contributed by atoms with Gasteiger partial charge in [-0.25, -0.2) is 14.4 Å². The van der Waals surface area contributed by atoms with Gasteiger partial charge in [0.25, 0.3) is 0 Å². The lowest BCUT2D eigenvalue weighted by atomic mass is 10.1. The van der Waals surface area contributed by atoms with Gasteiger partial charge >= 0.3 is 0 Å². The van der Waals surface area contributed by atoms with E-state index in [0.29, 0.717) is 17.6 Å². The highest BCUT2D eigenvalue weighted by Crippen LogP contribution is 2.18. The second kappa shape index (κ2) is 6.78. The van der Waals surface area contributed by atoms with Crippen molar-refractivity contribution in [3.05, 3.63) is 66.5 Å². The fraction of sp³-hybridized carbons (Fsp3) is 0.125. The number of anilines is 3. The summed E-state index contributed by atoms with van der Waals surface area (Å²) in [6.45, 7) is 1.96. The summed E-state index contributed by atoms with van der Waals surface area (Å²) in [7, 11) is 0. The molecule has 0 amide bonds. The molecule has 7 heteroatoms. The molecule has 3 rings (SSSR count). The summed E-state index contributed by atoms with van der Waals surface area (Å²) in [6.07, 6.45) is 6.45. The third-order valence-corrected chi connectivity index (χ3v) is 3.19. The molecule has 116 valence electrons. The van der Waals surface area contributed by atoms with Crippen LogP contribution < -0.4 is 10.6 Å². The summed E-state index contributed by atoms with van der Waals surface area (Å²) in [5.74, 6) is 1.42. The van der Waals surface area contributed by atoms with Gasteiger partial charge in [0.1, 0.15) is 17.5 Å². The number of nitrogens with zero attached hydrogens (tertiary/aromatic N) is 4. The van der Waals surface area contributed by atoms with Crippen LogP contribution in [0.3, 0.4) is 0 Å². The summed E-state index contributed by atoms with van der Waals surface area (Å²) in [6, 6.07) is 8.01. The molecule has 2 heterocycles. The molecule has 2 N–H and O–H groups in total. The van der Waals surface area contributed by atoms with E-state index in [1.165, 1.54) is 12.1 Å². The fourth-order valence-corrected chi connectivity index (χ4v) is 2.02. The molecule has 0 aliphatic rings. The molecule has 0 saturated carbocycles. The van der Waals surface area contributed by atoms with E-state index in [2.05, 4.69) is 30.6 Å². The Morgan fingerprint density at radius 3 is 2.52 bits per heavy atom. The third-order valence-electron chi connectivity index (χ3n) is 3.19. The molecule has 6 nitrogen and oxygen atoms in total. The predicted octanol–water partition coefficient (Wildman–Crippen LogP) is 3.32. The number of hydrogen-bond donors (Lipinski definition) is 2. The van der Waals surface area contributed by atoms with Crippen molar-refractivity contribution in [3.63, 3.8) is 0 Å². The Kier molecular flexibility index (Phi) is 4.37. The van der Waals surface area contributed by atoms with E-state index in [1.807, 2.05) is 6.92 Å². The molecule has 0 aliphatic heterocycles. The van der Waals surface area contributed by atoms with E-state index in [-0.39, 0.29) is 11.9 Å². The zero-order chi connectivity index (χ0) is 16.1. The molecule has 0 spiro atoms. The summed E-state index contributed by atoms with van der Waals surface area (Å²) >= 11 is 0. The van der Waals surface area contributed by atoms with Crippen LogP contribution in [0.25, 0.3) is 0 Å². The van der Waals surface area contributed by atoms with Crippen LogP contribution in [0.1, 0.15) is 18.5 Å². The van der Waals surface area contributed by atoms with Gasteiger partial charge in [0.15, 0.2) is 0 Å². The minimum Gasteiger partial charge on any atom is -0.348 e. The van der Waals surface area contributed by atoms with Gasteiger partial charge in [0.2, 0.25) is 5.95 Å². The summed E-state index contributed by atoms with van der Waals surface area (Å²) in [4.78, 5) is 16.7. The second-order valence-corrected chi connectivity index (χ2v) is 4.90. The van der Waals surface area contributed by atoms with Gasteiger partial charge in [-0.05, 0) is 30.7 Å². The van der Waals surface area contributed by atoms with Crippen molar-refractivity contribution in [3.8, 4) is 0 Å². The van der Waals surface area contributed by atoms with E-state index in [1.54, 1.807) is 43.0 Å². The zero-order valence-corrected chi connectivity index (χ0v) is 12.4. The Balaban J connectivity index is 1.71. The van der Waals surface area contributed by atoms with Crippen molar-refractivity contribution >= 4 is 17.6 Å². The minimum atomic E-state index is -0.257. The lowest BCUT2D eigenvalue weighted by Gasteiger charge is -2.14. The molecule has 23 heavy (non-hydrogen) atoms. The van der Waals surface area contributed by atoms with E-state index in [0.717, 1.165) is 5.56 Å². The van der Waals surface area contributed by atoms with E-state index in [9.17, 15) is 4.39 Å². The highest BCUT2D eigenvalue weighted by molar-refractivity contribution is 5.51. The predicted molar refractivity (Wildman–Crippen MR) is 85.8 cm³/mol. The molecule has 0 saturated heterocycles. The van der Waals surface area contributed by atoms with Gasteiger partial charge in [-0.15, -0.1) is 0 Å². The highest BCUT2D eigenvalue weighted by Gasteiger charge is 2.08. The second-order valence-electron chi connectivity index (χ2n) is 4.90. The van der Waals surface area contributed by atoms with Crippen molar-refractivity contribution in [2.45, 2.75) is 13.0 Å². The van der Waals surface area contributed by atoms with E-state index in [4.69, 9.17) is 0 Å². The number of halogens is 1. The molecule has 0 aliphatic carbocycles. The van der Waals surface area contributed by atoms with E-state index >= 15 is 0 Å². The molecule has 0 radical (unpaired) electrons. The summed E-state index contributed by atoms with van der Waals surface area (Å²) in [5.41, 5.74) is 0.947. The van der Waals surface area contributed by atoms with Crippen LogP contribution in [0.2, 0.25) is 0 Å². The van der Waals surface area contributed by atoms with Crippen LogP contribution in [-0.2, 0) is 0 Å². The normalized spacial score (nSPS) is 11.7. The van der Waals surface area contributed by atoms with Gasteiger partial charge in [-0.2, -0.15) is 4.98 Å². The van der Waals surface area contributed by atoms with Gasteiger partial charge in [-0.3, -0.25) is 4.98 Å². The van der Waals surface area contributed by atoms with Gasteiger partial charge in [0.05, 0.1) is 12.2 Å². The molecule has 1 aromatic carbocycles. The fourth-order valence-electron chi connectivity index (χ4n) is 2.02. The molecule has 0 bridgehead atoms. The first-order valence-corrected chi connectivity index (χ1v) is 7.09. The topological polar surface area (TPSA) is 75.6 Å². The molecule has 1 atom stereocenters. The van der Waals surface area contributed by atoms with Gasteiger partial charge in [-0.1, -0.05) is 12.1 Å². The Hall–Kier alpha value is -3.09. The lowest BCUT2D eigenvalue weighted by molar-refractivity contribution is 0.626. The average Bonchev–Trinajstić information content (AvgIpc) is 2.57. The Labute approximate surface area is 132 Å². The van der Waals surface area contributed by atoms with E-state index < -0.39 is 0 Å². The summed E-state index contributed by atoms with van der Waals surface area (Å²) in [5, 5.41) is 6.23. The maximum Gasteiger partial charge on any atom is 0.225 e. The Bertz CT molecular complexity index is 763. The Morgan fingerprint density at radius 2 is 1.78 bits per heavy atom. The molecular formula is C16H15FN6. The lowest BCUT2D eigenvalue weighted by Crippen LogP contribution is -2.10. The maximum absolute atomic E-state index is 13.0. The van der Waals surface area contributed by atoms with Crippen LogP contribution in [-0.4, -0.2) is 19.9 Å².